The Kier molecular flexibility index (Phi) is 2.38. The number of aryl methyl sites for hydroxylation is 1. The number of benzene rings is 1. The highest BCUT2D eigenvalue weighted by atomic mass is 14.3. The van der Waals surface area contributed by atoms with Gasteiger partial charge in [-0.25, -0.2) is 0 Å². The molecule has 0 fully saturated rings. The Morgan fingerprint density at radius 2 is 1.93 bits per heavy atom. The maximum absolute atomic E-state index is 2.39. The number of hydrogen-bond donors (Lipinski definition) is 0. The minimum atomic E-state index is 0.387. The molecule has 0 bridgehead atoms. The van der Waals surface area contributed by atoms with Crippen LogP contribution in [0.25, 0.3) is 0 Å². The van der Waals surface area contributed by atoms with Crippen LogP contribution in [-0.4, -0.2) is 0 Å². The van der Waals surface area contributed by atoms with Crippen LogP contribution in [0, 0.1) is 6.92 Å². The molecule has 0 heteroatoms. The lowest BCUT2D eigenvalue weighted by atomic mass is 9.79. The fraction of sp³-hybridized carbons (Fsp3) is 0.571. The second kappa shape index (κ2) is 3.42. The second-order valence-electron chi connectivity index (χ2n) is 5.19. The third kappa shape index (κ3) is 1.58. The van der Waals surface area contributed by atoms with Gasteiger partial charge < -0.3 is 0 Å². The summed E-state index contributed by atoms with van der Waals surface area (Å²) in [7, 11) is 0. The van der Waals surface area contributed by atoms with E-state index in [-0.39, 0.29) is 0 Å². The van der Waals surface area contributed by atoms with Gasteiger partial charge in [0.25, 0.3) is 0 Å². The fourth-order valence-electron chi connectivity index (χ4n) is 2.67. The Hall–Kier alpha value is -0.780. The monoisotopic (exact) mass is 188 g/mol. The zero-order chi connectivity index (χ0) is 10.2. The first kappa shape index (κ1) is 9.76. The van der Waals surface area contributed by atoms with Gasteiger partial charge in [0.05, 0.1) is 0 Å². The van der Waals surface area contributed by atoms with Crippen LogP contribution in [0.15, 0.2) is 18.2 Å². The molecule has 0 spiro atoms. The lowest BCUT2D eigenvalue weighted by Gasteiger charge is -2.26. The van der Waals surface area contributed by atoms with Gasteiger partial charge in [-0.2, -0.15) is 0 Å². The molecule has 0 saturated carbocycles. The molecule has 2 rings (SSSR count). The van der Waals surface area contributed by atoms with E-state index in [0.29, 0.717) is 5.41 Å². The largest absolute Gasteiger partial charge is 0.0617 e. The van der Waals surface area contributed by atoms with E-state index in [4.69, 9.17) is 0 Å². The zero-order valence-corrected chi connectivity index (χ0v) is 9.56. The fourth-order valence-corrected chi connectivity index (χ4v) is 2.67. The van der Waals surface area contributed by atoms with Crippen LogP contribution >= 0.6 is 0 Å². The summed E-state index contributed by atoms with van der Waals surface area (Å²) in [6, 6.07) is 6.79. The van der Waals surface area contributed by atoms with Crippen molar-refractivity contribution in [2.75, 3.05) is 0 Å². The van der Waals surface area contributed by atoms with Crippen molar-refractivity contribution >= 4 is 0 Å². The normalized spacial score (nSPS) is 19.9. The molecular formula is C14H20. The molecule has 1 aromatic rings. The van der Waals surface area contributed by atoms with Crippen LogP contribution in [0.2, 0.25) is 0 Å². The van der Waals surface area contributed by atoms with Crippen molar-refractivity contribution in [3.63, 3.8) is 0 Å². The van der Waals surface area contributed by atoms with Gasteiger partial charge >= 0.3 is 0 Å². The van der Waals surface area contributed by atoms with E-state index < -0.39 is 0 Å². The molecule has 76 valence electrons. The van der Waals surface area contributed by atoms with Crippen molar-refractivity contribution in [3.05, 3.63) is 34.9 Å². The molecule has 0 atom stereocenters. The summed E-state index contributed by atoms with van der Waals surface area (Å²) in [5, 5.41) is 0. The van der Waals surface area contributed by atoms with E-state index >= 15 is 0 Å². The van der Waals surface area contributed by atoms with E-state index in [2.05, 4.69) is 39.0 Å². The highest BCUT2D eigenvalue weighted by Crippen LogP contribution is 2.36. The van der Waals surface area contributed by atoms with Gasteiger partial charge in [-0.1, -0.05) is 38.5 Å². The molecule has 0 amide bonds. The summed E-state index contributed by atoms with van der Waals surface area (Å²) in [6.45, 7) is 7.02. The van der Waals surface area contributed by atoms with Crippen LogP contribution in [-0.2, 0) is 11.8 Å². The average Bonchev–Trinajstić information content (AvgIpc) is 2.27. The quantitative estimate of drug-likeness (QED) is 0.540. The molecule has 1 aromatic carbocycles. The average molecular weight is 188 g/mol. The Bertz CT molecular complexity index is 334. The van der Waals surface area contributed by atoms with Gasteiger partial charge in [0, 0.05) is 0 Å². The second-order valence-corrected chi connectivity index (χ2v) is 5.19. The Morgan fingerprint density at radius 3 is 2.71 bits per heavy atom. The number of hydrogen-bond acceptors (Lipinski definition) is 0. The molecule has 0 radical (unpaired) electrons. The van der Waals surface area contributed by atoms with E-state index in [9.17, 15) is 0 Å². The summed E-state index contributed by atoms with van der Waals surface area (Å²) in [4.78, 5) is 0. The van der Waals surface area contributed by atoms with Crippen molar-refractivity contribution in [1.29, 1.82) is 0 Å². The molecule has 0 aromatic heterocycles. The molecule has 0 N–H and O–H groups in total. The Labute approximate surface area is 87.3 Å². The van der Waals surface area contributed by atoms with Crippen LogP contribution in [0.5, 0.6) is 0 Å². The SMILES string of the molecule is Cc1cccc2c1CCCCC2(C)C. The minimum Gasteiger partial charge on any atom is -0.0617 e. The van der Waals surface area contributed by atoms with Crippen molar-refractivity contribution in [1.82, 2.24) is 0 Å². The Morgan fingerprint density at radius 1 is 1.14 bits per heavy atom. The van der Waals surface area contributed by atoms with Gasteiger partial charge in [0.15, 0.2) is 0 Å². The number of rotatable bonds is 0. The van der Waals surface area contributed by atoms with E-state index in [0.717, 1.165) is 0 Å². The molecule has 0 nitrogen and oxygen atoms in total. The predicted octanol–water partition coefficient (Wildman–Crippen LogP) is 4.00. The molecule has 0 saturated heterocycles. The lowest BCUT2D eigenvalue weighted by molar-refractivity contribution is 0.468. The van der Waals surface area contributed by atoms with Crippen LogP contribution < -0.4 is 0 Å². The Balaban J connectivity index is 2.56. The zero-order valence-electron chi connectivity index (χ0n) is 9.56. The summed E-state index contributed by atoms with van der Waals surface area (Å²) in [5.74, 6) is 0. The molecule has 0 aliphatic heterocycles. The minimum absolute atomic E-state index is 0.387. The lowest BCUT2D eigenvalue weighted by Crippen LogP contribution is -2.17. The highest BCUT2D eigenvalue weighted by molar-refractivity contribution is 5.39. The smallest absolute Gasteiger partial charge is 0.0101 e. The van der Waals surface area contributed by atoms with Gasteiger partial charge in [-0.3, -0.25) is 0 Å². The first-order chi connectivity index (χ1) is 6.61. The summed E-state index contributed by atoms with van der Waals surface area (Å²) < 4.78 is 0. The van der Waals surface area contributed by atoms with E-state index in [1.54, 1.807) is 11.1 Å². The molecular weight excluding hydrogens is 168 g/mol. The van der Waals surface area contributed by atoms with Crippen LogP contribution in [0.3, 0.4) is 0 Å². The highest BCUT2D eigenvalue weighted by Gasteiger charge is 2.25. The van der Waals surface area contributed by atoms with Crippen LogP contribution in [0.1, 0.15) is 49.8 Å². The maximum Gasteiger partial charge on any atom is -0.0101 e. The van der Waals surface area contributed by atoms with Crippen molar-refractivity contribution in [2.45, 2.75) is 51.9 Å². The number of fused-ring (bicyclic) bond motifs is 1. The summed E-state index contributed by atoms with van der Waals surface area (Å²) in [6.07, 6.45) is 5.36. The van der Waals surface area contributed by atoms with Crippen molar-refractivity contribution < 1.29 is 0 Å². The van der Waals surface area contributed by atoms with Crippen molar-refractivity contribution in [2.24, 2.45) is 0 Å². The van der Waals surface area contributed by atoms with E-state index in [1.807, 2.05) is 0 Å². The molecule has 14 heavy (non-hydrogen) atoms. The standard InChI is InChI=1S/C14H20/c1-11-7-6-9-13-12(11)8-4-5-10-14(13,2)3/h6-7,9H,4-5,8,10H2,1-3H3. The predicted molar refractivity (Wildman–Crippen MR) is 61.8 cm³/mol. The molecule has 1 aliphatic carbocycles. The molecule has 0 heterocycles. The third-order valence-electron chi connectivity index (χ3n) is 3.62. The van der Waals surface area contributed by atoms with Crippen LogP contribution in [0.4, 0.5) is 0 Å². The topological polar surface area (TPSA) is 0 Å². The van der Waals surface area contributed by atoms with Gasteiger partial charge in [-0.15, -0.1) is 0 Å². The van der Waals surface area contributed by atoms with Gasteiger partial charge in [0.1, 0.15) is 0 Å². The third-order valence-corrected chi connectivity index (χ3v) is 3.62. The first-order valence-corrected chi connectivity index (χ1v) is 5.70. The molecule has 1 aliphatic rings. The van der Waals surface area contributed by atoms with Crippen molar-refractivity contribution in [3.8, 4) is 0 Å². The summed E-state index contributed by atoms with van der Waals surface area (Å²) >= 11 is 0. The van der Waals surface area contributed by atoms with Gasteiger partial charge in [-0.05, 0) is 48.3 Å². The van der Waals surface area contributed by atoms with Gasteiger partial charge in [0.2, 0.25) is 0 Å². The summed E-state index contributed by atoms with van der Waals surface area (Å²) in [5.41, 5.74) is 5.08. The maximum atomic E-state index is 2.39. The van der Waals surface area contributed by atoms with E-state index in [1.165, 1.54) is 31.2 Å². The first-order valence-electron chi connectivity index (χ1n) is 5.70. The molecule has 0 unspecified atom stereocenters.